The van der Waals surface area contributed by atoms with Crippen molar-refractivity contribution in [2.45, 2.75) is 25.1 Å². The lowest BCUT2D eigenvalue weighted by atomic mass is 10.3. The summed E-state index contributed by atoms with van der Waals surface area (Å²) in [6.45, 7) is 5.90. The molecule has 0 aliphatic rings. The van der Waals surface area contributed by atoms with Gasteiger partial charge in [0, 0.05) is 20.2 Å². The number of rotatable bonds is 6. The summed E-state index contributed by atoms with van der Waals surface area (Å²) >= 11 is 3.32. The van der Waals surface area contributed by atoms with Crippen LogP contribution in [0.3, 0.4) is 0 Å². The third-order valence-corrected chi connectivity index (χ3v) is 2.82. The van der Waals surface area contributed by atoms with Gasteiger partial charge in [0.1, 0.15) is 0 Å². The second kappa shape index (κ2) is 7.33. The molecule has 0 aliphatic heterocycles. The second-order valence-electron chi connectivity index (χ2n) is 2.83. The molecule has 0 spiro atoms. The zero-order valence-electron chi connectivity index (χ0n) is 8.55. The number of likely N-dealkylation sites (N-methyl/N-ethyl adjacent to an activating group) is 1. The summed E-state index contributed by atoms with van der Waals surface area (Å²) in [5.74, 6) is 0.127. The van der Waals surface area contributed by atoms with Gasteiger partial charge in [-0.15, -0.1) is 0 Å². The van der Waals surface area contributed by atoms with E-state index in [-0.39, 0.29) is 10.7 Å². The van der Waals surface area contributed by atoms with E-state index in [1.54, 1.807) is 11.9 Å². The summed E-state index contributed by atoms with van der Waals surface area (Å²) in [6.07, 6.45) is 0.817. The van der Waals surface area contributed by atoms with Crippen LogP contribution in [0.5, 0.6) is 0 Å². The Balaban J connectivity index is 3.69. The van der Waals surface area contributed by atoms with Gasteiger partial charge in [-0.1, -0.05) is 22.9 Å². The molecule has 0 aromatic rings. The molecule has 13 heavy (non-hydrogen) atoms. The van der Waals surface area contributed by atoms with Crippen LogP contribution in [0.2, 0.25) is 0 Å². The minimum absolute atomic E-state index is 0.0564. The predicted octanol–water partition coefficient (Wildman–Crippen LogP) is 1.65. The molecule has 0 N–H and O–H groups in total. The maximum absolute atomic E-state index is 11.5. The summed E-state index contributed by atoms with van der Waals surface area (Å²) in [7, 11) is 1.80. The van der Waals surface area contributed by atoms with E-state index in [1.165, 1.54) is 0 Å². The fourth-order valence-electron chi connectivity index (χ4n) is 0.870. The van der Waals surface area contributed by atoms with Gasteiger partial charge in [0.2, 0.25) is 5.91 Å². The lowest BCUT2D eigenvalue weighted by Crippen LogP contribution is -2.35. The molecule has 0 bridgehead atoms. The molecule has 0 aromatic carbocycles. The van der Waals surface area contributed by atoms with E-state index in [2.05, 4.69) is 15.9 Å². The van der Waals surface area contributed by atoms with Gasteiger partial charge in [-0.25, -0.2) is 0 Å². The largest absolute Gasteiger partial charge is 0.380 e. The molecule has 1 amide bonds. The molecule has 0 heterocycles. The minimum atomic E-state index is -0.0564. The molecular formula is C9H18BrNO2. The van der Waals surface area contributed by atoms with Gasteiger partial charge in [0.25, 0.3) is 0 Å². The number of ether oxygens (including phenoxy) is 1. The van der Waals surface area contributed by atoms with Crippen LogP contribution >= 0.6 is 15.9 Å². The van der Waals surface area contributed by atoms with Crippen LogP contribution < -0.4 is 0 Å². The maximum atomic E-state index is 11.5. The van der Waals surface area contributed by atoms with Crippen LogP contribution in [0, 0.1) is 0 Å². The first-order valence-corrected chi connectivity index (χ1v) is 5.51. The Morgan fingerprint density at radius 3 is 2.62 bits per heavy atom. The fraction of sp³-hybridized carbons (Fsp3) is 0.889. The number of carbonyl (C=O) groups is 1. The van der Waals surface area contributed by atoms with E-state index < -0.39 is 0 Å². The summed E-state index contributed by atoms with van der Waals surface area (Å²) in [4.78, 5) is 13.1. The second-order valence-corrected chi connectivity index (χ2v) is 3.94. The van der Waals surface area contributed by atoms with Crippen LogP contribution in [0.1, 0.15) is 20.3 Å². The molecule has 4 heteroatoms. The monoisotopic (exact) mass is 251 g/mol. The first-order valence-electron chi connectivity index (χ1n) is 4.60. The molecule has 0 radical (unpaired) electrons. The van der Waals surface area contributed by atoms with Crippen LogP contribution in [0.25, 0.3) is 0 Å². The summed E-state index contributed by atoms with van der Waals surface area (Å²) < 4.78 is 5.16. The minimum Gasteiger partial charge on any atom is -0.380 e. The van der Waals surface area contributed by atoms with Crippen molar-refractivity contribution in [1.29, 1.82) is 0 Å². The van der Waals surface area contributed by atoms with Crippen molar-refractivity contribution < 1.29 is 9.53 Å². The molecule has 0 aromatic heterocycles. The van der Waals surface area contributed by atoms with E-state index in [9.17, 15) is 4.79 Å². The Bertz CT molecular complexity index is 153. The van der Waals surface area contributed by atoms with Crippen LogP contribution in [0.4, 0.5) is 0 Å². The van der Waals surface area contributed by atoms with E-state index in [4.69, 9.17) is 4.74 Å². The van der Waals surface area contributed by atoms with Gasteiger partial charge in [-0.3, -0.25) is 4.79 Å². The third kappa shape index (κ3) is 5.26. The summed E-state index contributed by atoms with van der Waals surface area (Å²) in [5.41, 5.74) is 0. The zero-order chi connectivity index (χ0) is 10.3. The summed E-state index contributed by atoms with van der Waals surface area (Å²) in [6, 6.07) is 0. The van der Waals surface area contributed by atoms with E-state index in [0.717, 1.165) is 6.42 Å². The smallest absolute Gasteiger partial charge is 0.236 e. The van der Waals surface area contributed by atoms with Crippen molar-refractivity contribution >= 4 is 21.8 Å². The number of hydrogen-bond acceptors (Lipinski definition) is 2. The van der Waals surface area contributed by atoms with Crippen LogP contribution in [0.15, 0.2) is 0 Å². The van der Waals surface area contributed by atoms with Gasteiger partial charge in [0.05, 0.1) is 11.4 Å². The normalized spacial score (nSPS) is 12.6. The van der Waals surface area contributed by atoms with Crippen molar-refractivity contribution in [2.75, 3.05) is 26.8 Å². The fourth-order valence-corrected chi connectivity index (χ4v) is 1.22. The topological polar surface area (TPSA) is 29.5 Å². The highest BCUT2D eigenvalue weighted by molar-refractivity contribution is 9.10. The molecule has 0 saturated carbocycles. The number of nitrogens with zero attached hydrogens (tertiary/aromatic N) is 1. The number of halogens is 1. The van der Waals surface area contributed by atoms with Crippen molar-refractivity contribution in [3.63, 3.8) is 0 Å². The molecule has 1 atom stereocenters. The van der Waals surface area contributed by atoms with Crippen molar-refractivity contribution in [3.8, 4) is 0 Å². The standard InChI is InChI=1S/C9H18BrNO2/c1-4-8(10)9(12)11(3)6-7-13-5-2/h8H,4-7H2,1-3H3. The Kier molecular flexibility index (Phi) is 7.28. The van der Waals surface area contributed by atoms with Gasteiger partial charge in [0.15, 0.2) is 0 Å². The van der Waals surface area contributed by atoms with E-state index >= 15 is 0 Å². The first kappa shape index (κ1) is 12.9. The number of carbonyl (C=O) groups excluding carboxylic acids is 1. The highest BCUT2D eigenvalue weighted by Gasteiger charge is 2.16. The van der Waals surface area contributed by atoms with Gasteiger partial charge < -0.3 is 9.64 Å². The van der Waals surface area contributed by atoms with Crippen molar-refractivity contribution in [1.82, 2.24) is 4.90 Å². The SMILES string of the molecule is CCOCCN(C)C(=O)C(Br)CC. The van der Waals surface area contributed by atoms with Gasteiger partial charge >= 0.3 is 0 Å². The highest BCUT2D eigenvalue weighted by atomic mass is 79.9. The third-order valence-electron chi connectivity index (χ3n) is 1.78. The van der Waals surface area contributed by atoms with Crippen LogP contribution in [-0.4, -0.2) is 42.4 Å². The first-order chi connectivity index (χ1) is 6.13. The number of amides is 1. The highest BCUT2D eigenvalue weighted by Crippen LogP contribution is 2.07. The summed E-state index contributed by atoms with van der Waals surface area (Å²) in [5, 5.41) is 0. The van der Waals surface area contributed by atoms with E-state index in [1.807, 2.05) is 13.8 Å². The zero-order valence-corrected chi connectivity index (χ0v) is 10.1. The Morgan fingerprint density at radius 2 is 2.15 bits per heavy atom. The van der Waals surface area contributed by atoms with Crippen molar-refractivity contribution in [3.05, 3.63) is 0 Å². The van der Waals surface area contributed by atoms with Crippen LogP contribution in [-0.2, 0) is 9.53 Å². The molecule has 0 saturated heterocycles. The quantitative estimate of drug-likeness (QED) is 0.531. The molecule has 1 unspecified atom stereocenters. The molecule has 0 rings (SSSR count). The lowest BCUT2D eigenvalue weighted by molar-refractivity contribution is -0.129. The Hall–Kier alpha value is -0.0900. The molecule has 3 nitrogen and oxygen atoms in total. The van der Waals surface area contributed by atoms with E-state index in [0.29, 0.717) is 19.8 Å². The number of hydrogen-bond donors (Lipinski definition) is 0. The average molecular weight is 252 g/mol. The van der Waals surface area contributed by atoms with Gasteiger partial charge in [-0.2, -0.15) is 0 Å². The maximum Gasteiger partial charge on any atom is 0.236 e. The molecule has 0 fully saturated rings. The van der Waals surface area contributed by atoms with Gasteiger partial charge in [-0.05, 0) is 13.3 Å². The molecular weight excluding hydrogens is 234 g/mol. The predicted molar refractivity (Wildman–Crippen MR) is 57.1 cm³/mol. The average Bonchev–Trinajstić information content (AvgIpc) is 2.15. The Morgan fingerprint density at radius 1 is 1.54 bits per heavy atom. The molecule has 0 aliphatic carbocycles. The Labute approximate surface area is 88.6 Å². The van der Waals surface area contributed by atoms with Crippen molar-refractivity contribution in [2.24, 2.45) is 0 Å². The molecule has 78 valence electrons. The number of alkyl halides is 1. The lowest BCUT2D eigenvalue weighted by Gasteiger charge is -2.19.